The Bertz CT molecular complexity index is 1140. The van der Waals surface area contributed by atoms with Crippen molar-refractivity contribution in [1.29, 1.82) is 0 Å². The van der Waals surface area contributed by atoms with E-state index in [-0.39, 0.29) is 5.56 Å². The number of rotatable bonds is 5. The number of alkyl halides is 2. The molecule has 0 radical (unpaired) electrons. The van der Waals surface area contributed by atoms with Crippen LogP contribution in [0.2, 0.25) is 0 Å². The first-order chi connectivity index (χ1) is 13.5. The lowest BCUT2D eigenvalue weighted by Gasteiger charge is -2.09. The minimum Gasteiger partial charge on any atom is -0.267 e. The van der Waals surface area contributed by atoms with E-state index in [1.54, 1.807) is 19.2 Å². The fourth-order valence-corrected chi connectivity index (χ4v) is 3.43. The van der Waals surface area contributed by atoms with Crippen molar-refractivity contribution < 1.29 is 13.6 Å². The summed E-state index contributed by atoms with van der Waals surface area (Å²) in [6, 6.07) is 1.65. The van der Waals surface area contributed by atoms with E-state index in [4.69, 9.17) is 0 Å². The summed E-state index contributed by atoms with van der Waals surface area (Å²) in [5, 5.41) is 3.04. The standard InChI is InChI=1S/C18H14F2N6OS/c1-10-12(8-23-16(24-10)18-22-4-5-28-18)17(27)25-26-9-11(6-15(19)20)13-7-21-3-2-14(13)26/h2-5,7-9,15H,6H2,1H3,(H,25,27). The number of pyridine rings is 1. The molecular weight excluding hydrogens is 386 g/mol. The van der Waals surface area contributed by atoms with Gasteiger partial charge in [0.25, 0.3) is 5.91 Å². The molecule has 0 aliphatic heterocycles. The van der Waals surface area contributed by atoms with Gasteiger partial charge >= 0.3 is 0 Å². The number of carbonyl (C=O) groups is 1. The lowest BCUT2D eigenvalue weighted by atomic mass is 10.2. The molecule has 0 fully saturated rings. The zero-order chi connectivity index (χ0) is 19.7. The molecule has 4 aromatic heterocycles. The van der Waals surface area contributed by atoms with Gasteiger partial charge in [-0.25, -0.2) is 23.7 Å². The van der Waals surface area contributed by atoms with Crippen molar-refractivity contribution in [1.82, 2.24) is 24.6 Å². The molecule has 4 rings (SSSR count). The van der Waals surface area contributed by atoms with E-state index in [1.807, 2.05) is 5.38 Å². The number of aryl methyl sites for hydroxylation is 1. The van der Waals surface area contributed by atoms with Gasteiger partial charge in [-0.05, 0) is 18.6 Å². The van der Waals surface area contributed by atoms with E-state index < -0.39 is 18.8 Å². The third-order valence-corrected chi connectivity index (χ3v) is 4.90. The molecule has 0 aliphatic rings. The van der Waals surface area contributed by atoms with Gasteiger partial charge in [-0.1, -0.05) is 0 Å². The SMILES string of the molecule is Cc1nc(-c2nccs2)ncc1C(=O)Nn1cc(CC(F)F)c2cnccc21. The molecule has 0 saturated heterocycles. The van der Waals surface area contributed by atoms with Crippen molar-refractivity contribution in [3.05, 3.63) is 59.3 Å². The summed E-state index contributed by atoms with van der Waals surface area (Å²) in [5.41, 5.74) is 4.46. The first kappa shape index (κ1) is 18.1. The lowest BCUT2D eigenvalue weighted by molar-refractivity contribution is 0.101. The Labute approximate surface area is 162 Å². The zero-order valence-electron chi connectivity index (χ0n) is 14.6. The Kier molecular flexibility index (Phi) is 4.78. The number of amides is 1. The van der Waals surface area contributed by atoms with Crippen molar-refractivity contribution in [2.75, 3.05) is 5.43 Å². The molecule has 28 heavy (non-hydrogen) atoms. The van der Waals surface area contributed by atoms with Gasteiger partial charge in [-0.2, -0.15) is 0 Å². The predicted octanol–water partition coefficient (Wildman–Crippen LogP) is 3.45. The van der Waals surface area contributed by atoms with Crippen LogP contribution >= 0.6 is 11.3 Å². The van der Waals surface area contributed by atoms with Crippen molar-refractivity contribution in [3.63, 3.8) is 0 Å². The largest absolute Gasteiger partial charge is 0.273 e. The number of aromatic nitrogens is 5. The average Bonchev–Trinajstić information content (AvgIpc) is 3.31. The number of nitrogens with one attached hydrogen (secondary N) is 1. The number of hydrogen-bond acceptors (Lipinski definition) is 6. The fourth-order valence-electron chi connectivity index (χ4n) is 2.86. The van der Waals surface area contributed by atoms with Crippen molar-refractivity contribution >= 4 is 28.1 Å². The Balaban J connectivity index is 1.64. The predicted molar refractivity (Wildman–Crippen MR) is 101 cm³/mol. The molecule has 1 N–H and O–H groups in total. The molecule has 4 heterocycles. The van der Waals surface area contributed by atoms with E-state index in [1.165, 1.54) is 40.8 Å². The molecule has 0 saturated carbocycles. The Morgan fingerprint density at radius 2 is 2.14 bits per heavy atom. The highest BCUT2D eigenvalue weighted by atomic mass is 32.1. The maximum Gasteiger partial charge on any atom is 0.273 e. The molecule has 4 aromatic rings. The average molecular weight is 400 g/mol. The number of nitrogens with zero attached hydrogens (tertiary/aromatic N) is 5. The summed E-state index contributed by atoms with van der Waals surface area (Å²) < 4.78 is 27.1. The molecule has 0 bridgehead atoms. The Hall–Kier alpha value is -3.27. The summed E-state index contributed by atoms with van der Waals surface area (Å²) >= 11 is 1.40. The van der Waals surface area contributed by atoms with Crippen LogP contribution < -0.4 is 5.43 Å². The maximum atomic E-state index is 12.9. The Morgan fingerprint density at radius 3 is 2.86 bits per heavy atom. The molecule has 0 aliphatic carbocycles. The molecule has 7 nitrogen and oxygen atoms in total. The number of halogens is 2. The second-order valence-corrected chi connectivity index (χ2v) is 6.88. The third-order valence-electron chi connectivity index (χ3n) is 4.13. The third kappa shape index (κ3) is 3.46. The quantitative estimate of drug-likeness (QED) is 0.555. The highest BCUT2D eigenvalue weighted by Gasteiger charge is 2.17. The molecule has 0 spiro atoms. The summed E-state index contributed by atoms with van der Waals surface area (Å²) in [5.74, 6) is 0.00116. The number of fused-ring (bicyclic) bond motifs is 1. The van der Waals surface area contributed by atoms with Gasteiger partial charge < -0.3 is 0 Å². The smallest absolute Gasteiger partial charge is 0.267 e. The lowest BCUT2D eigenvalue weighted by Crippen LogP contribution is -2.23. The van der Waals surface area contributed by atoms with E-state index in [0.717, 1.165) is 0 Å². The topological polar surface area (TPSA) is 85.6 Å². The second-order valence-electron chi connectivity index (χ2n) is 5.98. The van der Waals surface area contributed by atoms with Gasteiger partial charge in [0.1, 0.15) is 0 Å². The molecule has 142 valence electrons. The molecule has 0 unspecified atom stereocenters. The van der Waals surface area contributed by atoms with Crippen LogP contribution in [-0.2, 0) is 6.42 Å². The molecule has 10 heteroatoms. The minimum atomic E-state index is -2.50. The van der Waals surface area contributed by atoms with Crippen molar-refractivity contribution in [2.24, 2.45) is 0 Å². The Morgan fingerprint density at radius 1 is 1.29 bits per heavy atom. The van der Waals surface area contributed by atoms with E-state index in [9.17, 15) is 13.6 Å². The minimum absolute atomic E-state index is 0.284. The van der Waals surface area contributed by atoms with E-state index >= 15 is 0 Å². The monoisotopic (exact) mass is 400 g/mol. The summed E-state index contributed by atoms with van der Waals surface area (Å²) in [4.78, 5) is 29.4. The van der Waals surface area contributed by atoms with E-state index in [0.29, 0.717) is 33.0 Å². The summed E-state index contributed by atoms with van der Waals surface area (Å²) in [6.07, 6.45) is 4.70. The summed E-state index contributed by atoms with van der Waals surface area (Å²) in [6.45, 7) is 1.70. The first-order valence-electron chi connectivity index (χ1n) is 8.30. The highest BCUT2D eigenvalue weighted by molar-refractivity contribution is 7.12. The van der Waals surface area contributed by atoms with Crippen LogP contribution in [0.15, 0.2) is 42.4 Å². The van der Waals surface area contributed by atoms with Crippen LogP contribution in [-0.4, -0.2) is 36.9 Å². The molecule has 1 amide bonds. The molecule has 0 aromatic carbocycles. The van der Waals surface area contributed by atoms with Gasteiger partial charge in [0, 0.05) is 48.2 Å². The van der Waals surface area contributed by atoms with Crippen molar-refractivity contribution in [3.8, 4) is 10.8 Å². The number of thiazole rings is 1. The van der Waals surface area contributed by atoms with E-state index in [2.05, 4.69) is 25.4 Å². The highest BCUT2D eigenvalue weighted by Crippen LogP contribution is 2.22. The fraction of sp³-hybridized carbons (Fsp3) is 0.167. The van der Waals surface area contributed by atoms with Gasteiger partial charge in [0.05, 0.1) is 16.8 Å². The number of carbonyl (C=O) groups excluding carboxylic acids is 1. The van der Waals surface area contributed by atoms with Crippen molar-refractivity contribution in [2.45, 2.75) is 19.8 Å². The van der Waals surface area contributed by atoms with Gasteiger partial charge in [0.15, 0.2) is 10.8 Å². The van der Waals surface area contributed by atoms with Crippen LogP contribution in [0.5, 0.6) is 0 Å². The normalized spacial score (nSPS) is 11.3. The van der Waals surface area contributed by atoms with Gasteiger partial charge in [-0.3, -0.25) is 19.9 Å². The zero-order valence-corrected chi connectivity index (χ0v) is 15.5. The molecular formula is C18H14F2N6OS. The van der Waals surface area contributed by atoms with Gasteiger partial charge in [-0.15, -0.1) is 11.3 Å². The molecule has 0 atom stereocenters. The summed E-state index contributed by atoms with van der Waals surface area (Å²) in [7, 11) is 0. The maximum absolute atomic E-state index is 12.9. The van der Waals surface area contributed by atoms with Crippen LogP contribution in [0.1, 0.15) is 21.6 Å². The van der Waals surface area contributed by atoms with Gasteiger partial charge in [0.2, 0.25) is 6.43 Å². The van der Waals surface area contributed by atoms with Crippen LogP contribution in [0.3, 0.4) is 0 Å². The van der Waals surface area contributed by atoms with Crippen LogP contribution in [0.4, 0.5) is 8.78 Å². The first-order valence-corrected chi connectivity index (χ1v) is 9.18. The number of hydrogen-bond donors (Lipinski definition) is 1. The second kappa shape index (κ2) is 7.39. The van der Waals surface area contributed by atoms with Crippen LogP contribution in [0, 0.1) is 6.92 Å². The van der Waals surface area contributed by atoms with Crippen LogP contribution in [0.25, 0.3) is 21.7 Å².